The Bertz CT molecular complexity index is 456. The van der Waals surface area contributed by atoms with Gasteiger partial charge in [-0.15, -0.1) is 0 Å². The normalized spacial score (nSPS) is 26.8. The van der Waals surface area contributed by atoms with Crippen LogP contribution in [0.15, 0.2) is 18.5 Å². The summed E-state index contributed by atoms with van der Waals surface area (Å²) in [6.45, 7) is 10.4. The van der Waals surface area contributed by atoms with E-state index < -0.39 is 0 Å². The number of nitrogens with one attached hydrogen (secondary N) is 1. The molecule has 3 N–H and O–H groups in total. The van der Waals surface area contributed by atoms with Gasteiger partial charge in [0.05, 0.1) is 0 Å². The number of rotatable bonds is 5. The standard InChI is InChI=1S/C18H31N3/c1-5-21-17-10-13(2)6-7-15(17)18(3,4)11-14-12-20-9-8-16(14)19/h8-9,12-13,15,17,21H,5-7,10-11H2,1-4H3,(H2,19,20). The van der Waals surface area contributed by atoms with Crippen LogP contribution in [-0.2, 0) is 6.42 Å². The summed E-state index contributed by atoms with van der Waals surface area (Å²) in [6, 6.07) is 2.54. The van der Waals surface area contributed by atoms with Crippen LogP contribution in [0.3, 0.4) is 0 Å². The minimum Gasteiger partial charge on any atom is -0.398 e. The van der Waals surface area contributed by atoms with Crippen LogP contribution in [0.5, 0.6) is 0 Å². The highest BCUT2D eigenvalue weighted by Gasteiger charge is 2.38. The number of anilines is 1. The molecule has 21 heavy (non-hydrogen) atoms. The summed E-state index contributed by atoms with van der Waals surface area (Å²) >= 11 is 0. The van der Waals surface area contributed by atoms with Crippen molar-refractivity contribution in [3.63, 3.8) is 0 Å². The zero-order valence-corrected chi connectivity index (χ0v) is 14.0. The number of hydrogen-bond acceptors (Lipinski definition) is 3. The van der Waals surface area contributed by atoms with E-state index in [0.717, 1.165) is 24.6 Å². The minimum absolute atomic E-state index is 0.240. The third-order valence-electron chi connectivity index (χ3n) is 5.17. The Morgan fingerprint density at radius 2 is 2.14 bits per heavy atom. The lowest BCUT2D eigenvalue weighted by Gasteiger charge is -2.45. The molecule has 1 aliphatic rings. The van der Waals surface area contributed by atoms with Crippen molar-refractivity contribution in [2.24, 2.45) is 17.3 Å². The van der Waals surface area contributed by atoms with Crippen LogP contribution < -0.4 is 11.1 Å². The third kappa shape index (κ3) is 3.97. The first kappa shape index (κ1) is 16.3. The molecule has 3 nitrogen and oxygen atoms in total. The fourth-order valence-corrected chi connectivity index (χ4v) is 4.01. The van der Waals surface area contributed by atoms with E-state index in [1.165, 1.54) is 24.8 Å². The molecule has 2 rings (SSSR count). The van der Waals surface area contributed by atoms with Crippen LogP contribution in [-0.4, -0.2) is 17.6 Å². The largest absolute Gasteiger partial charge is 0.398 e. The van der Waals surface area contributed by atoms with E-state index in [9.17, 15) is 0 Å². The van der Waals surface area contributed by atoms with Gasteiger partial charge in [-0.25, -0.2) is 0 Å². The quantitative estimate of drug-likeness (QED) is 0.870. The molecule has 0 spiro atoms. The smallest absolute Gasteiger partial charge is 0.0377 e. The molecule has 0 radical (unpaired) electrons. The maximum atomic E-state index is 6.12. The van der Waals surface area contributed by atoms with E-state index in [1.807, 2.05) is 12.3 Å². The molecule has 0 amide bonds. The molecule has 1 aromatic rings. The molecule has 0 bridgehead atoms. The Morgan fingerprint density at radius 3 is 2.81 bits per heavy atom. The Hall–Kier alpha value is -1.09. The Labute approximate surface area is 129 Å². The second-order valence-corrected chi connectivity index (χ2v) is 7.43. The van der Waals surface area contributed by atoms with Gasteiger partial charge in [0.15, 0.2) is 0 Å². The highest BCUT2D eigenvalue weighted by atomic mass is 14.9. The molecule has 1 aromatic heterocycles. The SMILES string of the molecule is CCNC1CC(C)CCC1C(C)(C)Cc1cnccc1N. The van der Waals surface area contributed by atoms with E-state index in [-0.39, 0.29) is 5.41 Å². The van der Waals surface area contributed by atoms with Crippen LogP contribution in [0.1, 0.15) is 52.5 Å². The van der Waals surface area contributed by atoms with Crippen molar-refractivity contribution >= 4 is 5.69 Å². The predicted octanol–water partition coefficient (Wildman–Crippen LogP) is 3.65. The molecule has 3 unspecified atom stereocenters. The van der Waals surface area contributed by atoms with E-state index in [2.05, 4.69) is 38.0 Å². The number of pyridine rings is 1. The number of hydrogen-bond donors (Lipinski definition) is 2. The van der Waals surface area contributed by atoms with Crippen molar-refractivity contribution in [3.05, 3.63) is 24.0 Å². The predicted molar refractivity (Wildman–Crippen MR) is 90.1 cm³/mol. The topological polar surface area (TPSA) is 50.9 Å². The average molecular weight is 289 g/mol. The van der Waals surface area contributed by atoms with Crippen LogP contribution in [0.4, 0.5) is 5.69 Å². The lowest BCUT2D eigenvalue weighted by molar-refractivity contribution is 0.0950. The molecule has 3 atom stereocenters. The minimum atomic E-state index is 0.240. The first-order chi connectivity index (χ1) is 9.94. The van der Waals surface area contributed by atoms with Crippen molar-refractivity contribution in [3.8, 4) is 0 Å². The third-order valence-corrected chi connectivity index (χ3v) is 5.17. The Balaban J connectivity index is 2.14. The van der Waals surface area contributed by atoms with Crippen molar-refractivity contribution in [1.29, 1.82) is 0 Å². The molecule has 0 saturated heterocycles. The molecular formula is C18H31N3. The lowest BCUT2D eigenvalue weighted by Crippen LogP contribution is -2.47. The molecule has 1 fully saturated rings. The van der Waals surface area contributed by atoms with Gasteiger partial charge in [0.2, 0.25) is 0 Å². The molecule has 0 aliphatic heterocycles. The van der Waals surface area contributed by atoms with Gasteiger partial charge in [-0.1, -0.05) is 34.1 Å². The summed E-state index contributed by atoms with van der Waals surface area (Å²) in [5, 5.41) is 3.72. The van der Waals surface area contributed by atoms with Gasteiger partial charge >= 0.3 is 0 Å². The maximum absolute atomic E-state index is 6.12. The van der Waals surface area contributed by atoms with Crippen LogP contribution in [0, 0.1) is 17.3 Å². The zero-order chi connectivity index (χ0) is 15.5. The molecule has 3 heteroatoms. The maximum Gasteiger partial charge on any atom is 0.0377 e. The number of aromatic nitrogens is 1. The van der Waals surface area contributed by atoms with Gasteiger partial charge < -0.3 is 11.1 Å². The summed E-state index contributed by atoms with van der Waals surface area (Å²) in [7, 11) is 0. The number of nitrogens with zero attached hydrogens (tertiary/aromatic N) is 1. The summed E-state index contributed by atoms with van der Waals surface area (Å²) in [5.41, 5.74) is 8.43. The summed E-state index contributed by atoms with van der Waals surface area (Å²) in [4.78, 5) is 4.25. The van der Waals surface area contributed by atoms with Crippen molar-refractivity contribution < 1.29 is 0 Å². The van der Waals surface area contributed by atoms with Crippen molar-refractivity contribution in [2.45, 2.75) is 59.4 Å². The number of nitrogen functional groups attached to an aromatic ring is 1. The lowest BCUT2D eigenvalue weighted by atomic mass is 9.64. The first-order valence-corrected chi connectivity index (χ1v) is 8.35. The van der Waals surface area contributed by atoms with Gasteiger partial charge in [0.25, 0.3) is 0 Å². The molecule has 0 aromatic carbocycles. The second-order valence-electron chi connectivity index (χ2n) is 7.43. The summed E-state index contributed by atoms with van der Waals surface area (Å²) < 4.78 is 0. The van der Waals surface area contributed by atoms with E-state index in [1.54, 1.807) is 6.20 Å². The molecular weight excluding hydrogens is 258 g/mol. The van der Waals surface area contributed by atoms with Gasteiger partial charge in [0.1, 0.15) is 0 Å². The zero-order valence-electron chi connectivity index (χ0n) is 14.0. The Morgan fingerprint density at radius 1 is 1.38 bits per heavy atom. The highest BCUT2D eigenvalue weighted by molar-refractivity contribution is 5.44. The summed E-state index contributed by atoms with van der Waals surface area (Å²) in [5.74, 6) is 1.54. The van der Waals surface area contributed by atoms with E-state index in [4.69, 9.17) is 5.73 Å². The molecule has 1 heterocycles. The van der Waals surface area contributed by atoms with Gasteiger partial charge in [-0.2, -0.15) is 0 Å². The monoisotopic (exact) mass is 289 g/mol. The van der Waals surface area contributed by atoms with Gasteiger partial charge in [-0.05, 0) is 54.7 Å². The van der Waals surface area contributed by atoms with Crippen molar-refractivity contribution in [1.82, 2.24) is 10.3 Å². The Kier molecular flexibility index (Phi) is 5.26. The molecule has 1 aliphatic carbocycles. The van der Waals surface area contributed by atoms with E-state index in [0.29, 0.717) is 12.0 Å². The number of nitrogens with two attached hydrogens (primary N) is 1. The first-order valence-electron chi connectivity index (χ1n) is 8.35. The fraction of sp³-hybridized carbons (Fsp3) is 0.722. The highest BCUT2D eigenvalue weighted by Crippen LogP contribution is 2.42. The van der Waals surface area contributed by atoms with E-state index >= 15 is 0 Å². The molecule has 118 valence electrons. The van der Waals surface area contributed by atoms with Crippen molar-refractivity contribution in [2.75, 3.05) is 12.3 Å². The summed E-state index contributed by atoms with van der Waals surface area (Å²) in [6.07, 6.45) is 8.67. The molecule has 1 saturated carbocycles. The fourth-order valence-electron chi connectivity index (χ4n) is 4.01. The van der Waals surface area contributed by atoms with Crippen LogP contribution in [0.2, 0.25) is 0 Å². The second kappa shape index (κ2) is 6.78. The van der Waals surface area contributed by atoms with Gasteiger partial charge in [-0.3, -0.25) is 4.98 Å². The average Bonchev–Trinajstić information content (AvgIpc) is 2.41. The van der Waals surface area contributed by atoms with Crippen LogP contribution >= 0.6 is 0 Å². The van der Waals surface area contributed by atoms with Gasteiger partial charge in [0, 0.05) is 24.1 Å². The van der Waals surface area contributed by atoms with Crippen LogP contribution in [0.25, 0.3) is 0 Å².